The summed E-state index contributed by atoms with van der Waals surface area (Å²) >= 11 is 0. The van der Waals surface area contributed by atoms with E-state index in [1.165, 1.54) is 0 Å². The molecule has 0 N–H and O–H groups in total. The van der Waals surface area contributed by atoms with Gasteiger partial charge in [0.25, 0.3) is 0 Å². The van der Waals surface area contributed by atoms with Crippen LogP contribution in [0.1, 0.15) is 0 Å². The van der Waals surface area contributed by atoms with Crippen molar-refractivity contribution in [1.29, 1.82) is 0 Å². The Morgan fingerprint density at radius 2 is 0.246 bits per heavy atom. The first-order valence-electron chi connectivity index (χ1n) is 38.5. The summed E-state index contributed by atoms with van der Waals surface area (Å²) in [7, 11) is 0. The molecule has 0 aliphatic heterocycles. The number of aromatic nitrogens is 4. The van der Waals surface area contributed by atoms with Crippen LogP contribution in [0, 0.1) is 0 Å². The second-order valence-corrected chi connectivity index (χ2v) is 28.2. The molecule has 538 valence electrons. The molecule has 2 aromatic heterocycles. The zero-order valence-electron chi connectivity index (χ0n) is 62.3. The van der Waals surface area contributed by atoms with Crippen LogP contribution < -0.4 is 19.6 Å². The van der Waals surface area contributed by atoms with E-state index < -0.39 is 0 Å². The summed E-state index contributed by atoms with van der Waals surface area (Å²) in [5.74, 6) is 0. The summed E-state index contributed by atoms with van der Waals surface area (Å²) in [6, 6.07) is 158. The molecule has 19 aromatic rings. The maximum Gasteiger partial charge on any atom is 0.117 e. The van der Waals surface area contributed by atoms with Crippen LogP contribution in [0.25, 0.3) is 112 Å². The molecule has 0 aliphatic rings. The zero-order chi connectivity index (χ0) is 75.9. The monoisotopic (exact) mass is 1460 g/mol. The average Bonchev–Trinajstić information content (AvgIpc) is 0.742. The normalized spacial score (nSPS) is 11.2. The number of anilines is 12. The van der Waals surface area contributed by atoms with Crippen molar-refractivity contribution in [2.75, 3.05) is 19.6 Å². The van der Waals surface area contributed by atoms with Gasteiger partial charge < -0.3 is 19.6 Å². The lowest BCUT2D eigenvalue weighted by Crippen LogP contribution is -2.09. The van der Waals surface area contributed by atoms with Crippen molar-refractivity contribution in [3.63, 3.8) is 0 Å². The summed E-state index contributed by atoms with van der Waals surface area (Å²) in [5.41, 5.74) is 31.1. The molecule has 0 fully saturated rings. The van der Waals surface area contributed by atoms with Gasteiger partial charge >= 0.3 is 0 Å². The molecular formula is C106H74N8. The fourth-order valence-corrected chi connectivity index (χ4v) is 15.3. The van der Waals surface area contributed by atoms with Crippen LogP contribution in [0.3, 0.4) is 0 Å². The minimum absolute atomic E-state index is 0.651. The molecule has 0 amide bonds. The van der Waals surface area contributed by atoms with Crippen LogP contribution in [0.2, 0.25) is 0 Å². The maximum atomic E-state index is 5.76. The van der Waals surface area contributed by atoms with Crippen LogP contribution in [0.4, 0.5) is 68.2 Å². The van der Waals surface area contributed by atoms with Crippen molar-refractivity contribution in [1.82, 2.24) is 19.9 Å². The number of hydrogen-bond donors (Lipinski definition) is 0. The maximum absolute atomic E-state index is 5.76. The second kappa shape index (κ2) is 31.3. The Kier molecular flexibility index (Phi) is 19.0. The first-order valence-corrected chi connectivity index (χ1v) is 38.5. The Bertz CT molecular complexity index is 5910. The fourth-order valence-electron chi connectivity index (χ4n) is 15.3. The van der Waals surface area contributed by atoms with E-state index in [9.17, 15) is 0 Å². The predicted molar refractivity (Wildman–Crippen MR) is 475 cm³/mol. The lowest BCUT2D eigenvalue weighted by atomic mass is 9.97. The van der Waals surface area contributed by atoms with Gasteiger partial charge in [0, 0.05) is 90.5 Å². The van der Waals surface area contributed by atoms with Gasteiger partial charge in [-0.2, -0.15) is 0 Å². The van der Waals surface area contributed by atoms with Gasteiger partial charge in [0.15, 0.2) is 0 Å². The molecule has 19 rings (SSSR count). The third kappa shape index (κ3) is 14.2. The van der Waals surface area contributed by atoms with Gasteiger partial charge in [-0.25, -0.2) is 19.9 Å². The predicted octanol–water partition coefficient (Wildman–Crippen LogP) is 28.8. The van der Waals surface area contributed by atoms with Crippen molar-refractivity contribution in [3.05, 3.63) is 449 Å². The van der Waals surface area contributed by atoms with E-state index in [1.54, 1.807) is 0 Å². The molecule has 8 heteroatoms. The SMILES string of the molecule is c1ccc(N(c2ccccc2)c2ccc(-c3ccc(-c4nc5ccc6nc(-c7ccc(-c8ccc(N(c9ccccc9)c9ccccc9)cc8)cc7)c(-c7ccc(-c8ccc(N(c9ccccc9)c9ccccc9)cc8)cc7)nc6c5nc4-c4ccc(-c5ccc(N(c6ccccc6)c6ccccc6)cc5)cc4)cc3)cc2)cc1. The highest BCUT2D eigenvalue weighted by molar-refractivity contribution is 6.04. The van der Waals surface area contributed by atoms with Gasteiger partial charge in [0.2, 0.25) is 0 Å². The molecule has 0 saturated heterocycles. The molecule has 0 unspecified atom stereocenters. The number of para-hydroxylation sites is 8. The molecular weight excluding hydrogens is 1390 g/mol. The van der Waals surface area contributed by atoms with Crippen molar-refractivity contribution in [2.24, 2.45) is 0 Å². The summed E-state index contributed by atoms with van der Waals surface area (Å²) in [4.78, 5) is 31.9. The lowest BCUT2D eigenvalue weighted by Gasteiger charge is -2.25. The molecule has 114 heavy (non-hydrogen) atoms. The van der Waals surface area contributed by atoms with Gasteiger partial charge in [0.05, 0.1) is 33.8 Å². The molecule has 0 atom stereocenters. The standard InChI is InChI=1S/C106H74N8/c1-9-25-87(26-10-1)111(88-27-11-2-12-28-88)95-65-57-79(58-66-95)75-41-49-83(50-42-75)101-103(85-53-45-77(46-54-85)81-61-69-97(70-62-81)113(91-33-17-5-18-34-91)92-35-19-6-20-36-92)109-105-99(107-101)73-74-100-106(105)110-104(86-55-47-78(48-56-86)82-63-71-98(72-64-82)114(93-37-21-7-22-38-93)94-39-23-8-24-40-94)102(108-100)84-51-43-76(44-52-84)80-59-67-96(68-60-80)112(89-29-13-3-14-30-89)90-31-15-4-16-32-90/h1-74H. The smallest absolute Gasteiger partial charge is 0.117 e. The number of hydrogen-bond acceptors (Lipinski definition) is 8. The van der Waals surface area contributed by atoms with Crippen molar-refractivity contribution >= 4 is 90.3 Å². The summed E-state index contributed by atoms with van der Waals surface area (Å²) in [6.07, 6.45) is 0. The first kappa shape index (κ1) is 69.1. The van der Waals surface area contributed by atoms with Crippen LogP contribution >= 0.6 is 0 Å². The molecule has 0 radical (unpaired) electrons. The molecule has 17 aromatic carbocycles. The zero-order valence-corrected chi connectivity index (χ0v) is 62.3. The quantitative estimate of drug-likeness (QED) is 0.0700. The van der Waals surface area contributed by atoms with Crippen molar-refractivity contribution in [2.45, 2.75) is 0 Å². The Balaban J connectivity index is 0.710. The molecule has 0 bridgehead atoms. The molecule has 0 saturated carbocycles. The molecule has 8 nitrogen and oxygen atoms in total. The largest absolute Gasteiger partial charge is 0.311 e. The fraction of sp³-hybridized carbons (Fsp3) is 0. The third-order valence-electron chi connectivity index (χ3n) is 21.1. The van der Waals surface area contributed by atoms with Gasteiger partial charge in [-0.15, -0.1) is 0 Å². The number of fused-ring (bicyclic) bond motifs is 3. The number of rotatable bonds is 20. The Hall–Kier alpha value is -15.4. The van der Waals surface area contributed by atoms with Gasteiger partial charge in [-0.3, -0.25) is 0 Å². The van der Waals surface area contributed by atoms with Crippen LogP contribution in [-0.4, -0.2) is 19.9 Å². The Labute approximate surface area is 664 Å². The van der Waals surface area contributed by atoms with Crippen molar-refractivity contribution in [3.8, 4) is 89.5 Å². The van der Waals surface area contributed by atoms with E-state index >= 15 is 0 Å². The van der Waals surface area contributed by atoms with E-state index in [4.69, 9.17) is 19.9 Å². The second-order valence-electron chi connectivity index (χ2n) is 28.2. The first-order chi connectivity index (χ1) is 56.5. The molecule has 0 aliphatic carbocycles. The topological polar surface area (TPSA) is 64.5 Å². The van der Waals surface area contributed by atoms with Crippen LogP contribution in [0.15, 0.2) is 449 Å². The molecule has 0 spiro atoms. The van der Waals surface area contributed by atoms with E-state index in [0.29, 0.717) is 22.1 Å². The highest BCUT2D eigenvalue weighted by atomic mass is 15.2. The van der Waals surface area contributed by atoms with Crippen LogP contribution in [-0.2, 0) is 0 Å². The van der Waals surface area contributed by atoms with Crippen LogP contribution in [0.5, 0.6) is 0 Å². The van der Waals surface area contributed by atoms with Gasteiger partial charge in [-0.05, 0) is 202 Å². The van der Waals surface area contributed by atoms with E-state index in [-0.39, 0.29) is 0 Å². The van der Waals surface area contributed by atoms with Crippen molar-refractivity contribution < 1.29 is 0 Å². The number of benzene rings is 17. The summed E-state index contributed by atoms with van der Waals surface area (Å²) in [6.45, 7) is 0. The summed E-state index contributed by atoms with van der Waals surface area (Å²) in [5, 5.41) is 0. The highest BCUT2D eigenvalue weighted by Gasteiger charge is 2.23. The van der Waals surface area contributed by atoms with E-state index in [0.717, 1.165) is 158 Å². The Morgan fingerprint density at radius 3 is 0.412 bits per heavy atom. The Morgan fingerprint density at radius 1 is 0.114 bits per heavy atom. The minimum atomic E-state index is 0.651. The highest BCUT2D eigenvalue weighted by Crippen LogP contribution is 2.44. The van der Waals surface area contributed by atoms with E-state index in [1.807, 2.05) is 12.1 Å². The summed E-state index contributed by atoms with van der Waals surface area (Å²) < 4.78 is 0. The third-order valence-corrected chi connectivity index (χ3v) is 21.1. The van der Waals surface area contributed by atoms with E-state index in [2.05, 4.69) is 456 Å². The molecule has 2 heterocycles. The minimum Gasteiger partial charge on any atom is -0.311 e. The lowest BCUT2D eigenvalue weighted by molar-refractivity contribution is 1.26. The van der Waals surface area contributed by atoms with Gasteiger partial charge in [0.1, 0.15) is 11.0 Å². The average molecular weight is 1460 g/mol. The van der Waals surface area contributed by atoms with Gasteiger partial charge in [-0.1, -0.05) is 291 Å². The number of nitrogens with zero attached hydrogens (tertiary/aromatic N) is 8.